The van der Waals surface area contributed by atoms with Crippen LogP contribution in [0.1, 0.15) is 28.8 Å². The Morgan fingerprint density at radius 1 is 1.17 bits per heavy atom. The number of anilines is 2. The number of rotatable bonds is 3. The zero-order valence-corrected chi connectivity index (χ0v) is 14.4. The van der Waals surface area contributed by atoms with Crippen molar-refractivity contribution < 1.29 is 9.59 Å². The SMILES string of the molecule is Cc1ccc(Br)cc1NC(=O)c1ccc(N2CCCC2=O)cc1. The molecule has 0 spiro atoms. The van der Waals surface area contributed by atoms with Crippen molar-refractivity contribution in [2.75, 3.05) is 16.8 Å². The van der Waals surface area contributed by atoms with Gasteiger partial charge in [0, 0.05) is 34.4 Å². The Balaban J connectivity index is 1.75. The molecule has 118 valence electrons. The summed E-state index contributed by atoms with van der Waals surface area (Å²) in [5.74, 6) is -0.0162. The number of nitrogens with one attached hydrogen (secondary N) is 1. The zero-order chi connectivity index (χ0) is 16.4. The average Bonchev–Trinajstić information content (AvgIpc) is 2.97. The molecule has 4 nitrogen and oxygen atoms in total. The van der Waals surface area contributed by atoms with Crippen molar-refractivity contribution >= 4 is 39.1 Å². The van der Waals surface area contributed by atoms with E-state index in [1.165, 1.54) is 0 Å². The van der Waals surface area contributed by atoms with Crippen LogP contribution in [0.15, 0.2) is 46.9 Å². The fourth-order valence-electron chi connectivity index (χ4n) is 2.64. The molecule has 0 aromatic heterocycles. The van der Waals surface area contributed by atoms with Crippen LogP contribution in [0.4, 0.5) is 11.4 Å². The van der Waals surface area contributed by atoms with E-state index in [4.69, 9.17) is 0 Å². The lowest BCUT2D eigenvalue weighted by molar-refractivity contribution is -0.117. The first kappa shape index (κ1) is 15.7. The molecule has 0 bridgehead atoms. The largest absolute Gasteiger partial charge is 0.322 e. The van der Waals surface area contributed by atoms with Gasteiger partial charge in [0.25, 0.3) is 5.91 Å². The van der Waals surface area contributed by atoms with Gasteiger partial charge in [-0.05, 0) is 55.3 Å². The molecular formula is C18H17BrN2O2. The highest BCUT2D eigenvalue weighted by Gasteiger charge is 2.21. The summed E-state index contributed by atoms with van der Waals surface area (Å²) in [4.78, 5) is 25.9. The second-order valence-corrected chi connectivity index (χ2v) is 6.52. The number of carbonyl (C=O) groups excluding carboxylic acids is 2. The van der Waals surface area contributed by atoms with Gasteiger partial charge in [-0.3, -0.25) is 9.59 Å². The quantitative estimate of drug-likeness (QED) is 0.879. The highest BCUT2D eigenvalue weighted by molar-refractivity contribution is 9.10. The summed E-state index contributed by atoms with van der Waals surface area (Å²) in [6.07, 6.45) is 1.49. The predicted octanol–water partition coefficient (Wildman–Crippen LogP) is 4.14. The molecule has 0 aliphatic carbocycles. The summed E-state index contributed by atoms with van der Waals surface area (Å²) < 4.78 is 0.918. The topological polar surface area (TPSA) is 49.4 Å². The Hall–Kier alpha value is -2.14. The molecule has 0 radical (unpaired) electrons. The van der Waals surface area contributed by atoms with E-state index in [2.05, 4.69) is 21.2 Å². The van der Waals surface area contributed by atoms with E-state index in [1.807, 2.05) is 37.3 Å². The number of halogens is 1. The highest BCUT2D eigenvalue weighted by atomic mass is 79.9. The molecule has 1 aliphatic rings. The van der Waals surface area contributed by atoms with Gasteiger partial charge in [-0.1, -0.05) is 22.0 Å². The molecule has 23 heavy (non-hydrogen) atoms. The number of hydrogen-bond acceptors (Lipinski definition) is 2. The van der Waals surface area contributed by atoms with Crippen molar-refractivity contribution in [1.82, 2.24) is 0 Å². The lowest BCUT2D eigenvalue weighted by Crippen LogP contribution is -2.23. The first-order valence-corrected chi connectivity index (χ1v) is 8.32. The van der Waals surface area contributed by atoms with Gasteiger partial charge in [0.05, 0.1) is 0 Å². The average molecular weight is 373 g/mol. The first-order chi connectivity index (χ1) is 11.0. The fraction of sp³-hybridized carbons (Fsp3) is 0.222. The third-order valence-electron chi connectivity index (χ3n) is 3.96. The van der Waals surface area contributed by atoms with E-state index in [0.717, 1.165) is 34.4 Å². The molecule has 5 heteroatoms. The van der Waals surface area contributed by atoms with Crippen molar-refractivity contribution in [1.29, 1.82) is 0 Å². The Labute approximate surface area is 143 Å². The van der Waals surface area contributed by atoms with E-state index < -0.39 is 0 Å². The molecule has 1 aliphatic heterocycles. The molecule has 1 saturated heterocycles. The molecule has 1 heterocycles. The molecular weight excluding hydrogens is 356 g/mol. The van der Waals surface area contributed by atoms with Crippen molar-refractivity contribution in [3.63, 3.8) is 0 Å². The zero-order valence-electron chi connectivity index (χ0n) is 12.8. The van der Waals surface area contributed by atoms with E-state index in [1.54, 1.807) is 17.0 Å². The van der Waals surface area contributed by atoms with E-state index in [0.29, 0.717) is 12.0 Å². The molecule has 0 atom stereocenters. The van der Waals surface area contributed by atoms with Crippen LogP contribution in [0.3, 0.4) is 0 Å². The lowest BCUT2D eigenvalue weighted by Gasteiger charge is -2.16. The van der Waals surface area contributed by atoms with E-state index in [-0.39, 0.29) is 11.8 Å². The Morgan fingerprint density at radius 3 is 2.57 bits per heavy atom. The van der Waals surface area contributed by atoms with Crippen molar-refractivity contribution in [3.05, 3.63) is 58.1 Å². The number of hydrogen-bond donors (Lipinski definition) is 1. The summed E-state index contributed by atoms with van der Waals surface area (Å²) in [6.45, 7) is 2.70. The van der Waals surface area contributed by atoms with Crippen LogP contribution in [0.5, 0.6) is 0 Å². The molecule has 2 amide bonds. The van der Waals surface area contributed by atoms with Gasteiger partial charge in [0.2, 0.25) is 5.91 Å². The number of nitrogens with zero attached hydrogens (tertiary/aromatic N) is 1. The van der Waals surface area contributed by atoms with Crippen LogP contribution in [-0.4, -0.2) is 18.4 Å². The maximum Gasteiger partial charge on any atom is 0.255 e. The first-order valence-electron chi connectivity index (χ1n) is 7.52. The van der Waals surface area contributed by atoms with E-state index in [9.17, 15) is 9.59 Å². The third-order valence-corrected chi connectivity index (χ3v) is 4.46. The van der Waals surface area contributed by atoms with Crippen molar-refractivity contribution in [2.45, 2.75) is 19.8 Å². The minimum absolute atomic E-state index is 0.145. The van der Waals surface area contributed by atoms with Gasteiger partial charge in [0.15, 0.2) is 0 Å². The minimum Gasteiger partial charge on any atom is -0.322 e. The van der Waals surface area contributed by atoms with Crippen molar-refractivity contribution in [3.8, 4) is 0 Å². The molecule has 2 aromatic rings. The van der Waals surface area contributed by atoms with Gasteiger partial charge >= 0.3 is 0 Å². The van der Waals surface area contributed by atoms with Crippen LogP contribution in [-0.2, 0) is 4.79 Å². The van der Waals surface area contributed by atoms with Crippen LogP contribution < -0.4 is 10.2 Å². The van der Waals surface area contributed by atoms with Crippen molar-refractivity contribution in [2.24, 2.45) is 0 Å². The number of benzene rings is 2. The maximum atomic E-state index is 12.4. The summed E-state index contributed by atoms with van der Waals surface area (Å²) >= 11 is 3.41. The second-order valence-electron chi connectivity index (χ2n) is 5.61. The van der Waals surface area contributed by atoms with Crippen LogP contribution in [0.25, 0.3) is 0 Å². The van der Waals surface area contributed by atoms with Gasteiger partial charge in [-0.25, -0.2) is 0 Å². The fourth-order valence-corrected chi connectivity index (χ4v) is 3.00. The highest BCUT2D eigenvalue weighted by Crippen LogP contribution is 2.23. The molecule has 1 N–H and O–H groups in total. The minimum atomic E-state index is -0.162. The van der Waals surface area contributed by atoms with Gasteiger partial charge in [0.1, 0.15) is 0 Å². The standard InChI is InChI=1S/C18H17BrN2O2/c1-12-4-7-14(19)11-16(12)20-18(23)13-5-8-15(9-6-13)21-10-2-3-17(21)22/h4-9,11H,2-3,10H2,1H3,(H,20,23). The summed E-state index contributed by atoms with van der Waals surface area (Å²) in [7, 11) is 0. The number of carbonyl (C=O) groups is 2. The maximum absolute atomic E-state index is 12.4. The monoisotopic (exact) mass is 372 g/mol. The molecule has 0 unspecified atom stereocenters. The summed E-state index contributed by atoms with van der Waals surface area (Å²) in [5, 5.41) is 2.92. The smallest absolute Gasteiger partial charge is 0.255 e. The third kappa shape index (κ3) is 3.45. The van der Waals surface area contributed by atoms with Gasteiger partial charge in [-0.15, -0.1) is 0 Å². The predicted molar refractivity (Wildman–Crippen MR) is 94.9 cm³/mol. The van der Waals surface area contributed by atoms with Crippen LogP contribution in [0, 0.1) is 6.92 Å². The lowest BCUT2D eigenvalue weighted by atomic mass is 10.1. The molecule has 0 saturated carbocycles. The van der Waals surface area contributed by atoms with Gasteiger partial charge in [-0.2, -0.15) is 0 Å². The second kappa shape index (κ2) is 6.54. The summed E-state index contributed by atoms with van der Waals surface area (Å²) in [5.41, 5.74) is 3.20. The van der Waals surface area contributed by atoms with E-state index >= 15 is 0 Å². The Kier molecular flexibility index (Phi) is 4.48. The van der Waals surface area contributed by atoms with Crippen LogP contribution >= 0.6 is 15.9 Å². The normalized spacial score (nSPS) is 14.2. The Morgan fingerprint density at radius 2 is 1.91 bits per heavy atom. The summed E-state index contributed by atoms with van der Waals surface area (Å²) in [6, 6.07) is 12.9. The van der Waals surface area contributed by atoms with Crippen LogP contribution in [0.2, 0.25) is 0 Å². The molecule has 1 fully saturated rings. The number of amides is 2. The molecule has 2 aromatic carbocycles. The van der Waals surface area contributed by atoms with Gasteiger partial charge < -0.3 is 10.2 Å². The molecule has 3 rings (SSSR count). The number of aryl methyl sites for hydroxylation is 1. The Bertz CT molecular complexity index is 756.